The van der Waals surface area contributed by atoms with E-state index in [0.29, 0.717) is 19.4 Å². The van der Waals surface area contributed by atoms with E-state index in [1.165, 1.54) is 14.2 Å². The molecule has 192 valence electrons. The molecule has 1 aliphatic heterocycles. The van der Waals surface area contributed by atoms with Gasteiger partial charge in [0.25, 0.3) is 5.56 Å². The molecule has 1 fully saturated rings. The molecule has 0 saturated carbocycles. The largest absolute Gasteiger partial charge is 0.494 e. The van der Waals surface area contributed by atoms with Crippen LogP contribution in [0.3, 0.4) is 0 Å². The van der Waals surface area contributed by atoms with E-state index in [1.54, 1.807) is 18.2 Å². The lowest BCUT2D eigenvalue weighted by Gasteiger charge is -2.21. The van der Waals surface area contributed by atoms with E-state index in [9.17, 15) is 22.7 Å². The third-order valence-corrected chi connectivity index (χ3v) is 6.72. The number of para-hydroxylation sites is 1. The van der Waals surface area contributed by atoms with Crippen molar-refractivity contribution in [2.75, 3.05) is 31.3 Å². The van der Waals surface area contributed by atoms with Crippen molar-refractivity contribution in [2.45, 2.75) is 25.4 Å². The van der Waals surface area contributed by atoms with Gasteiger partial charge in [-0.15, -0.1) is 0 Å². The number of nitrogens with zero attached hydrogens (tertiary/aromatic N) is 4. The number of aromatic nitrogens is 4. The Hall–Kier alpha value is -3.78. The van der Waals surface area contributed by atoms with Crippen molar-refractivity contribution in [2.24, 2.45) is 0 Å². The Bertz CT molecular complexity index is 1390. The SMILES string of the molecule is COc1cccc(OC)c1-n1c(C2CCCO2)nc(O)c(NS(=O)(=O)CCc2ncc(F)cn2)c1=O. The Labute approximate surface area is 205 Å². The second-order valence-electron chi connectivity index (χ2n) is 7.81. The summed E-state index contributed by atoms with van der Waals surface area (Å²) in [4.78, 5) is 25.3. The fourth-order valence-electron chi connectivity index (χ4n) is 3.78. The van der Waals surface area contributed by atoms with E-state index in [4.69, 9.17) is 14.2 Å². The lowest BCUT2D eigenvalue weighted by atomic mass is 10.2. The van der Waals surface area contributed by atoms with Crippen LogP contribution >= 0.6 is 0 Å². The molecule has 1 saturated heterocycles. The zero-order chi connectivity index (χ0) is 25.9. The van der Waals surface area contributed by atoms with Crippen molar-refractivity contribution in [3.63, 3.8) is 0 Å². The minimum Gasteiger partial charge on any atom is -0.494 e. The van der Waals surface area contributed by atoms with Crippen molar-refractivity contribution in [1.29, 1.82) is 0 Å². The van der Waals surface area contributed by atoms with Crippen LogP contribution in [0, 0.1) is 5.82 Å². The van der Waals surface area contributed by atoms with E-state index in [1.807, 2.05) is 0 Å². The molecular formula is C22H24FN5O7S. The normalized spacial score (nSPS) is 15.6. The van der Waals surface area contributed by atoms with Gasteiger partial charge in [0.05, 0.1) is 32.4 Å². The van der Waals surface area contributed by atoms with Crippen LogP contribution in [-0.4, -0.2) is 59.6 Å². The average Bonchev–Trinajstić information content (AvgIpc) is 3.40. The second-order valence-corrected chi connectivity index (χ2v) is 9.65. The summed E-state index contributed by atoms with van der Waals surface area (Å²) in [5, 5.41) is 10.6. The van der Waals surface area contributed by atoms with Crippen LogP contribution in [0.4, 0.5) is 10.1 Å². The zero-order valence-corrected chi connectivity index (χ0v) is 20.3. The van der Waals surface area contributed by atoms with Gasteiger partial charge in [-0.25, -0.2) is 22.8 Å². The summed E-state index contributed by atoms with van der Waals surface area (Å²) >= 11 is 0. The maximum atomic E-state index is 13.7. The first kappa shape index (κ1) is 25.3. The molecule has 2 aromatic heterocycles. The fourth-order valence-corrected chi connectivity index (χ4v) is 4.82. The molecule has 0 bridgehead atoms. The summed E-state index contributed by atoms with van der Waals surface area (Å²) in [6.07, 6.45) is 2.30. The summed E-state index contributed by atoms with van der Waals surface area (Å²) in [6, 6.07) is 4.86. The van der Waals surface area contributed by atoms with Crippen molar-refractivity contribution in [3.8, 4) is 23.1 Å². The fraction of sp³-hybridized carbons (Fsp3) is 0.364. The molecule has 12 nitrogen and oxygen atoms in total. The van der Waals surface area contributed by atoms with Gasteiger partial charge in [-0.1, -0.05) is 6.07 Å². The van der Waals surface area contributed by atoms with Gasteiger partial charge in [0.15, 0.2) is 11.5 Å². The number of methoxy groups -OCH3 is 2. The number of sulfonamides is 1. The molecule has 1 unspecified atom stereocenters. The average molecular weight is 522 g/mol. The number of hydrogen-bond acceptors (Lipinski definition) is 10. The maximum Gasteiger partial charge on any atom is 0.286 e. The van der Waals surface area contributed by atoms with Crippen LogP contribution in [0.25, 0.3) is 5.69 Å². The first-order valence-electron chi connectivity index (χ1n) is 10.9. The van der Waals surface area contributed by atoms with Gasteiger partial charge in [0.1, 0.15) is 34.9 Å². The number of rotatable bonds is 9. The lowest BCUT2D eigenvalue weighted by molar-refractivity contribution is 0.102. The smallest absolute Gasteiger partial charge is 0.286 e. The number of hydrogen-bond donors (Lipinski definition) is 2. The quantitative estimate of drug-likeness (QED) is 0.425. The first-order chi connectivity index (χ1) is 17.2. The van der Waals surface area contributed by atoms with Crippen molar-refractivity contribution in [3.05, 3.63) is 58.4 Å². The van der Waals surface area contributed by atoms with Gasteiger partial charge in [-0.3, -0.25) is 14.1 Å². The first-order valence-corrected chi connectivity index (χ1v) is 12.5. The van der Waals surface area contributed by atoms with E-state index >= 15 is 0 Å². The number of nitrogens with one attached hydrogen (secondary N) is 1. The summed E-state index contributed by atoms with van der Waals surface area (Å²) < 4.78 is 58.4. The molecule has 1 atom stereocenters. The standard InChI is InChI=1S/C22H24FN5O7S/c1-33-14-5-3-6-15(34-2)19(14)28-20(16-7-4-9-35-16)26-21(29)18(22(28)30)27-36(31,32)10-8-17-24-11-13(23)12-25-17/h3,5-6,11-12,16,27,29H,4,7-10H2,1-2H3. The van der Waals surface area contributed by atoms with Crippen LogP contribution in [-0.2, 0) is 21.2 Å². The third-order valence-electron chi connectivity index (χ3n) is 5.46. The number of ether oxygens (including phenoxy) is 3. The summed E-state index contributed by atoms with van der Waals surface area (Å²) in [7, 11) is -1.37. The van der Waals surface area contributed by atoms with Gasteiger partial charge in [-0.05, 0) is 25.0 Å². The predicted octanol–water partition coefficient (Wildman–Crippen LogP) is 1.72. The van der Waals surface area contributed by atoms with Gasteiger partial charge in [0.2, 0.25) is 15.9 Å². The molecule has 36 heavy (non-hydrogen) atoms. The minimum absolute atomic E-state index is 0.0699. The summed E-state index contributed by atoms with van der Waals surface area (Å²) in [6.45, 7) is 0.435. The van der Waals surface area contributed by atoms with Crippen molar-refractivity contribution in [1.82, 2.24) is 19.5 Å². The second kappa shape index (κ2) is 10.5. The molecule has 2 N–H and O–H groups in total. The molecule has 1 aromatic carbocycles. The van der Waals surface area contributed by atoms with Crippen molar-refractivity contribution >= 4 is 15.7 Å². The van der Waals surface area contributed by atoms with E-state index in [-0.39, 0.29) is 35.3 Å². The molecule has 4 rings (SSSR count). The maximum absolute atomic E-state index is 13.7. The number of benzene rings is 1. The molecule has 0 amide bonds. The highest BCUT2D eigenvalue weighted by Gasteiger charge is 2.31. The van der Waals surface area contributed by atoms with Crippen LogP contribution in [0.15, 0.2) is 35.4 Å². The molecule has 3 aromatic rings. The van der Waals surface area contributed by atoms with Gasteiger partial charge >= 0.3 is 0 Å². The molecule has 1 aliphatic rings. The Kier molecular flexibility index (Phi) is 7.35. The van der Waals surface area contributed by atoms with Gasteiger partial charge in [0, 0.05) is 13.0 Å². The molecule has 0 spiro atoms. The van der Waals surface area contributed by atoms with E-state index < -0.39 is 44.8 Å². The highest BCUT2D eigenvalue weighted by molar-refractivity contribution is 7.92. The van der Waals surface area contributed by atoms with Crippen LogP contribution < -0.4 is 19.8 Å². The highest BCUT2D eigenvalue weighted by atomic mass is 32.2. The number of aryl methyl sites for hydroxylation is 1. The number of halogens is 1. The van der Waals surface area contributed by atoms with E-state index in [0.717, 1.165) is 17.0 Å². The Balaban J connectivity index is 1.79. The molecule has 0 aliphatic carbocycles. The Morgan fingerprint density at radius 2 is 1.89 bits per heavy atom. The molecule has 0 radical (unpaired) electrons. The number of aromatic hydroxyl groups is 1. The van der Waals surface area contributed by atoms with Gasteiger partial charge in [-0.2, -0.15) is 4.98 Å². The Morgan fingerprint density at radius 3 is 2.47 bits per heavy atom. The van der Waals surface area contributed by atoms with E-state index in [2.05, 4.69) is 19.7 Å². The summed E-state index contributed by atoms with van der Waals surface area (Å²) in [5.41, 5.74) is -1.40. The lowest BCUT2D eigenvalue weighted by Crippen LogP contribution is -2.31. The van der Waals surface area contributed by atoms with Gasteiger partial charge < -0.3 is 19.3 Å². The molecular weight excluding hydrogens is 497 g/mol. The van der Waals surface area contributed by atoms with Crippen molar-refractivity contribution < 1.29 is 32.1 Å². The number of anilines is 1. The Morgan fingerprint density at radius 1 is 1.22 bits per heavy atom. The zero-order valence-electron chi connectivity index (χ0n) is 19.5. The monoisotopic (exact) mass is 521 g/mol. The van der Waals surface area contributed by atoms with Crippen LogP contribution in [0.1, 0.15) is 30.6 Å². The predicted molar refractivity (Wildman–Crippen MR) is 126 cm³/mol. The topological polar surface area (TPSA) is 155 Å². The molecule has 14 heteroatoms. The van der Waals surface area contributed by atoms with Crippen LogP contribution in [0.2, 0.25) is 0 Å². The highest BCUT2D eigenvalue weighted by Crippen LogP contribution is 2.37. The summed E-state index contributed by atoms with van der Waals surface area (Å²) in [5.74, 6) is -1.33. The third kappa shape index (κ3) is 5.23. The minimum atomic E-state index is -4.18. The molecule has 3 heterocycles. The van der Waals surface area contributed by atoms with Crippen LogP contribution in [0.5, 0.6) is 17.4 Å².